The molecule has 1 aromatic carbocycles. The van der Waals surface area contributed by atoms with E-state index in [0.717, 1.165) is 24.9 Å². The molecule has 3 heterocycles. The number of ether oxygens (including phenoxy) is 1. The third-order valence-electron chi connectivity index (χ3n) is 5.04. The van der Waals surface area contributed by atoms with Crippen LogP contribution in [0.1, 0.15) is 23.5 Å². The molecule has 4 rings (SSSR count). The molecule has 1 atom stereocenters. The summed E-state index contributed by atoms with van der Waals surface area (Å²) in [5, 5.41) is 2.83. The highest BCUT2D eigenvalue weighted by Crippen LogP contribution is 2.30. The molecule has 9 heteroatoms. The lowest BCUT2D eigenvalue weighted by molar-refractivity contribution is 0.101. The number of imidazole rings is 1. The van der Waals surface area contributed by atoms with Gasteiger partial charge in [-0.1, -0.05) is 0 Å². The fourth-order valence-corrected chi connectivity index (χ4v) is 3.55. The van der Waals surface area contributed by atoms with Gasteiger partial charge in [-0.25, -0.2) is 14.4 Å². The zero-order valence-electron chi connectivity index (χ0n) is 16.6. The Hall–Kier alpha value is -3.46. The maximum Gasteiger partial charge on any atom is 0.291 e. The van der Waals surface area contributed by atoms with Crippen LogP contribution in [0, 0.1) is 5.82 Å². The number of aromatic amines is 1. The van der Waals surface area contributed by atoms with Crippen LogP contribution in [0.25, 0.3) is 11.3 Å². The normalized spacial score (nSPS) is 16.4. The van der Waals surface area contributed by atoms with E-state index in [4.69, 9.17) is 10.5 Å². The second-order valence-electron chi connectivity index (χ2n) is 7.19. The lowest BCUT2D eigenvalue weighted by Crippen LogP contribution is -2.43. The molecule has 0 radical (unpaired) electrons. The second-order valence-corrected chi connectivity index (χ2v) is 7.19. The molecule has 3 aromatic rings. The van der Waals surface area contributed by atoms with Crippen LogP contribution < -0.4 is 20.7 Å². The monoisotopic (exact) mass is 410 g/mol. The maximum absolute atomic E-state index is 13.9. The molecule has 0 bridgehead atoms. The lowest BCUT2D eigenvalue weighted by Gasteiger charge is -2.33. The van der Waals surface area contributed by atoms with Crippen LogP contribution in [-0.4, -0.2) is 47.1 Å². The van der Waals surface area contributed by atoms with Crippen LogP contribution in [0.2, 0.25) is 0 Å². The molecule has 1 saturated heterocycles. The summed E-state index contributed by atoms with van der Waals surface area (Å²) in [4.78, 5) is 26.1. The van der Waals surface area contributed by atoms with Crippen molar-refractivity contribution < 1.29 is 13.9 Å². The maximum atomic E-state index is 13.9. The van der Waals surface area contributed by atoms with E-state index in [1.807, 2.05) is 4.90 Å². The van der Waals surface area contributed by atoms with E-state index in [-0.39, 0.29) is 17.7 Å². The van der Waals surface area contributed by atoms with E-state index in [1.165, 1.54) is 19.2 Å². The smallest absolute Gasteiger partial charge is 0.291 e. The largest absolute Gasteiger partial charge is 0.481 e. The number of carbonyl (C=O) groups excluding carboxylic acids is 1. The Morgan fingerprint density at radius 3 is 3.03 bits per heavy atom. The number of amides is 1. The molecule has 1 amide bonds. The van der Waals surface area contributed by atoms with Gasteiger partial charge < -0.3 is 25.7 Å². The van der Waals surface area contributed by atoms with Crippen LogP contribution in [0.5, 0.6) is 5.88 Å². The zero-order chi connectivity index (χ0) is 21.1. The van der Waals surface area contributed by atoms with Crippen molar-refractivity contribution in [2.24, 2.45) is 5.73 Å². The van der Waals surface area contributed by atoms with Crippen molar-refractivity contribution >= 4 is 17.3 Å². The first kappa shape index (κ1) is 19.8. The van der Waals surface area contributed by atoms with Crippen LogP contribution in [0.4, 0.5) is 15.8 Å². The van der Waals surface area contributed by atoms with E-state index in [1.54, 1.807) is 30.6 Å². The van der Waals surface area contributed by atoms with Gasteiger partial charge in [-0.05, 0) is 37.1 Å². The number of nitrogens with zero attached hydrogens (tertiary/aromatic N) is 3. The number of pyridine rings is 1. The van der Waals surface area contributed by atoms with Gasteiger partial charge in [0, 0.05) is 43.2 Å². The third kappa shape index (κ3) is 4.25. The number of halogens is 1. The van der Waals surface area contributed by atoms with Crippen molar-refractivity contribution in [3.05, 3.63) is 54.4 Å². The van der Waals surface area contributed by atoms with Gasteiger partial charge in [-0.15, -0.1) is 0 Å². The predicted molar refractivity (Wildman–Crippen MR) is 112 cm³/mol. The van der Waals surface area contributed by atoms with Gasteiger partial charge in [0.15, 0.2) is 5.82 Å². The average molecular weight is 410 g/mol. The Balaban J connectivity index is 1.55. The molecule has 0 spiro atoms. The minimum atomic E-state index is -0.420. The van der Waals surface area contributed by atoms with E-state index < -0.39 is 5.91 Å². The predicted octanol–water partition coefficient (Wildman–Crippen LogP) is 2.80. The number of hydrogen-bond donors (Lipinski definition) is 3. The van der Waals surface area contributed by atoms with Crippen molar-refractivity contribution in [1.82, 2.24) is 15.0 Å². The van der Waals surface area contributed by atoms with Gasteiger partial charge in [0.25, 0.3) is 5.91 Å². The number of hydrogen-bond acceptors (Lipinski definition) is 6. The number of H-pyrrole nitrogens is 1. The van der Waals surface area contributed by atoms with Crippen molar-refractivity contribution in [3.63, 3.8) is 0 Å². The van der Waals surface area contributed by atoms with Gasteiger partial charge >= 0.3 is 0 Å². The van der Waals surface area contributed by atoms with Crippen LogP contribution in [0.3, 0.4) is 0 Å². The van der Waals surface area contributed by atoms with Crippen molar-refractivity contribution in [2.45, 2.75) is 18.9 Å². The summed E-state index contributed by atoms with van der Waals surface area (Å²) < 4.78 is 19.0. The summed E-state index contributed by atoms with van der Waals surface area (Å²) in [7, 11) is 1.53. The molecule has 2 aromatic heterocycles. The molecule has 0 aliphatic carbocycles. The third-order valence-corrected chi connectivity index (χ3v) is 5.04. The molecule has 156 valence electrons. The Morgan fingerprint density at radius 1 is 1.37 bits per heavy atom. The Morgan fingerprint density at radius 2 is 2.23 bits per heavy atom. The number of piperidine rings is 1. The molecule has 0 saturated carbocycles. The van der Waals surface area contributed by atoms with E-state index in [2.05, 4.69) is 20.3 Å². The summed E-state index contributed by atoms with van der Waals surface area (Å²) in [6.45, 7) is 1.37. The minimum absolute atomic E-state index is 0.0237. The summed E-state index contributed by atoms with van der Waals surface area (Å²) in [5.74, 6) is -0.186. The molecular weight excluding hydrogens is 387 g/mol. The van der Waals surface area contributed by atoms with Crippen molar-refractivity contribution in [3.8, 4) is 17.1 Å². The van der Waals surface area contributed by atoms with E-state index in [9.17, 15) is 9.18 Å². The molecule has 1 unspecified atom stereocenters. The van der Waals surface area contributed by atoms with Crippen LogP contribution >= 0.6 is 0 Å². The number of carbonyl (C=O) groups is 1. The van der Waals surface area contributed by atoms with E-state index in [0.29, 0.717) is 29.5 Å². The molecule has 1 aliphatic rings. The first-order chi connectivity index (χ1) is 14.5. The number of anilines is 2. The number of rotatable bonds is 5. The number of benzene rings is 1. The second kappa shape index (κ2) is 8.50. The van der Waals surface area contributed by atoms with Crippen molar-refractivity contribution in [1.29, 1.82) is 0 Å². The number of aromatic nitrogens is 3. The van der Waals surface area contributed by atoms with Crippen molar-refractivity contribution in [2.75, 3.05) is 30.4 Å². The average Bonchev–Trinajstić information content (AvgIpc) is 3.25. The van der Waals surface area contributed by atoms with Gasteiger partial charge in [0.2, 0.25) is 5.88 Å². The number of methoxy groups -OCH3 is 1. The Labute approximate surface area is 173 Å². The molecular formula is C21H23FN6O2. The Bertz CT molecular complexity index is 1050. The number of nitrogens with two attached hydrogens (primary N) is 1. The first-order valence-corrected chi connectivity index (χ1v) is 9.71. The molecule has 1 aliphatic heterocycles. The fraction of sp³-hybridized carbons (Fsp3) is 0.286. The highest BCUT2D eigenvalue weighted by molar-refractivity contribution is 6.04. The van der Waals surface area contributed by atoms with Gasteiger partial charge in [0.1, 0.15) is 5.82 Å². The zero-order valence-corrected chi connectivity index (χ0v) is 16.6. The topological polar surface area (TPSA) is 109 Å². The SMILES string of the molecule is COc1cc(-c2c[nH]c(C(=O)Nc3ccc(F)cc3N3CCCC(N)C3)n2)ccn1. The molecule has 4 N–H and O–H groups in total. The first-order valence-electron chi connectivity index (χ1n) is 9.71. The molecule has 1 fully saturated rings. The molecule has 8 nitrogen and oxygen atoms in total. The van der Waals surface area contributed by atoms with Gasteiger partial charge in [-0.3, -0.25) is 4.79 Å². The lowest BCUT2D eigenvalue weighted by atomic mass is 10.1. The minimum Gasteiger partial charge on any atom is -0.481 e. The van der Waals surface area contributed by atoms with Gasteiger partial charge in [-0.2, -0.15) is 0 Å². The quantitative estimate of drug-likeness (QED) is 0.597. The highest BCUT2D eigenvalue weighted by Gasteiger charge is 2.21. The summed E-state index contributed by atoms with van der Waals surface area (Å²) in [6, 6.07) is 7.83. The van der Waals surface area contributed by atoms with E-state index >= 15 is 0 Å². The fourth-order valence-electron chi connectivity index (χ4n) is 3.55. The standard InChI is InChI=1S/C21H23FN6O2/c1-30-19-9-13(6-7-24-19)17-11-25-20(26-17)21(29)27-16-5-4-14(22)10-18(16)28-8-2-3-15(23)12-28/h4-7,9-11,15H,2-3,8,12,23H2,1H3,(H,25,26)(H,27,29). The summed E-state index contributed by atoms with van der Waals surface area (Å²) in [5.41, 5.74) is 8.55. The molecule has 30 heavy (non-hydrogen) atoms. The summed E-state index contributed by atoms with van der Waals surface area (Å²) >= 11 is 0. The van der Waals surface area contributed by atoms with Gasteiger partial charge in [0.05, 0.1) is 24.2 Å². The Kier molecular flexibility index (Phi) is 5.62. The number of nitrogens with one attached hydrogen (secondary N) is 2. The summed E-state index contributed by atoms with van der Waals surface area (Å²) in [6.07, 6.45) is 5.10. The highest BCUT2D eigenvalue weighted by atomic mass is 19.1. The van der Waals surface area contributed by atoms with Crippen LogP contribution in [-0.2, 0) is 0 Å². The van der Waals surface area contributed by atoms with Crippen LogP contribution in [0.15, 0.2) is 42.7 Å².